The van der Waals surface area contributed by atoms with E-state index in [-0.39, 0.29) is 17.9 Å². The number of hydrogen-bond donors (Lipinski definition) is 2. The first-order valence-corrected chi connectivity index (χ1v) is 8.68. The Bertz CT molecular complexity index is 600. The van der Waals surface area contributed by atoms with Crippen LogP contribution in [-0.2, 0) is 16.0 Å². The van der Waals surface area contributed by atoms with Crippen LogP contribution in [0.1, 0.15) is 38.7 Å². The van der Waals surface area contributed by atoms with Crippen molar-refractivity contribution in [1.82, 2.24) is 10.6 Å². The average molecular weight is 357 g/mol. The van der Waals surface area contributed by atoms with Gasteiger partial charge in [-0.3, -0.25) is 9.59 Å². The van der Waals surface area contributed by atoms with Crippen LogP contribution in [0, 0.1) is 5.41 Å². The van der Waals surface area contributed by atoms with Crippen molar-refractivity contribution in [3.8, 4) is 0 Å². The van der Waals surface area contributed by atoms with Crippen LogP contribution in [0.2, 0.25) is 10.0 Å². The van der Waals surface area contributed by atoms with Crippen molar-refractivity contribution in [2.24, 2.45) is 5.41 Å². The van der Waals surface area contributed by atoms with Crippen molar-refractivity contribution in [1.29, 1.82) is 0 Å². The zero-order chi connectivity index (χ0) is 17.0. The van der Waals surface area contributed by atoms with E-state index >= 15 is 0 Å². The number of hydrogen-bond acceptors (Lipinski definition) is 2. The Kier molecular flexibility index (Phi) is 5.93. The second kappa shape index (κ2) is 7.54. The van der Waals surface area contributed by atoms with Crippen LogP contribution in [0.3, 0.4) is 0 Å². The Morgan fingerprint density at radius 2 is 1.96 bits per heavy atom. The molecule has 1 aromatic rings. The Morgan fingerprint density at radius 1 is 1.26 bits per heavy atom. The Balaban J connectivity index is 1.86. The predicted molar refractivity (Wildman–Crippen MR) is 92.7 cm³/mol. The minimum Gasteiger partial charge on any atom is -0.355 e. The first kappa shape index (κ1) is 18.1. The normalized spacial score (nSPS) is 16.5. The lowest BCUT2D eigenvalue weighted by molar-refractivity contribution is -0.137. The molecule has 1 aromatic carbocycles. The van der Waals surface area contributed by atoms with E-state index in [1.54, 1.807) is 12.1 Å². The molecule has 2 amide bonds. The molecule has 0 bridgehead atoms. The first-order chi connectivity index (χ1) is 10.9. The molecule has 1 aliphatic rings. The molecule has 23 heavy (non-hydrogen) atoms. The summed E-state index contributed by atoms with van der Waals surface area (Å²) in [5, 5.41) is 6.93. The third-order valence-electron chi connectivity index (χ3n) is 4.30. The fourth-order valence-corrected chi connectivity index (χ4v) is 2.85. The summed E-state index contributed by atoms with van der Waals surface area (Å²) >= 11 is 12.0. The quantitative estimate of drug-likeness (QED) is 0.736. The molecule has 0 radical (unpaired) electrons. The summed E-state index contributed by atoms with van der Waals surface area (Å²) < 4.78 is 0. The third-order valence-corrected chi connectivity index (χ3v) is 4.89. The summed E-state index contributed by atoms with van der Waals surface area (Å²) in [7, 11) is 0. The van der Waals surface area contributed by atoms with Crippen molar-refractivity contribution in [2.75, 3.05) is 6.54 Å². The van der Waals surface area contributed by atoms with Crippen LogP contribution in [0.25, 0.3) is 0 Å². The van der Waals surface area contributed by atoms with Crippen molar-refractivity contribution < 1.29 is 9.59 Å². The van der Waals surface area contributed by atoms with E-state index in [0.717, 1.165) is 12.0 Å². The van der Waals surface area contributed by atoms with Gasteiger partial charge < -0.3 is 10.6 Å². The molecule has 0 saturated heterocycles. The molecule has 1 unspecified atom stereocenters. The molecule has 1 atom stereocenters. The van der Waals surface area contributed by atoms with E-state index in [1.165, 1.54) is 0 Å². The standard InChI is InChI=1S/C17H22Cl2N2O2/c1-3-11(2)21-16(23)17(7-8-17)15(22)20-9-6-12-4-5-13(18)10-14(12)19/h4-5,10-11H,3,6-9H2,1-2H3,(H,20,22)(H,21,23). The molecular weight excluding hydrogens is 335 g/mol. The number of carbonyl (C=O) groups excluding carboxylic acids is 2. The summed E-state index contributed by atoms with van der Waals surface area (Å²) in [4.78, 5) is 24.6. The first-order valence-electron chi connectivity index (χ1n) is 7.92. The molecule has 1 aliphatic carbocycles. The highest BCUT2D eigenvalue weighted by Gasteiger charge is 2.56. The van der Waals surface area contributed by atoms with Crippen LogP contribution in [0.5, 0.6) is 0 Å². The second-order valence-corrected chi connectivity index (χ2v) is 6.95. The molecule has 6 heteroatoms. The van der Waals surface area contributed by atoms with Crippen LogP contribution >= 0.6 is 23.2 Å². The maximum absolute atomic E-state index is 12.3. The molecule has 0 heterocycles. The van der Waals surface area contributed by atoms with Gasteiger partial charge in [-0.05, 0) is 50.3 Å². The van der Waals surface area contributed by atoms with Crippen molar-refractivity contribution >= 4 is 35.0 Å². The van der Waals surface area contributed by atoms with Gasteiger partial charge in [0.2, 0.25) is 11.8 Å². The zero-order valence-corrected chi connectivity index (χ0v) is 14.9. The maximum Gasteiger partial charge on any atom is 0.235 e. The summed E-state index contributed by atoms with van der Waals surface area (Å²) in [5.74, 6) is -0.350. The van der Waals surface area contributed by atoms with Gasteiger partial charge in [0.1, 0.15) is 5.41 Å². The molecule has 2 rings (SSSR count). The van der Waals surface area contributed by atoms with Crippen molar-refractivity contribution in [3.05, 3.63) is 33.8 Å². The molecule has 2 N–H and O–H groups in total. The molecule has 1 saturated carbocycles. The van der Waals surface area contributed by atoms with Crippen LogP contribution in [0.15, 0.2) is 18.2 Å². The summed E-state index contributed by atoms with van der Waals surface area (Å²) in [6, 6.07) is 5.38. The third kappa shape index (κ3) is 4.39. The van der Waals surface area contributed by atoms with E-state index in [0.29, 0.717) is 35.9 Å². The molecule has 0 aliphatic heterocycles. The largest absolute Gasteiger partial charge is 0.355 e. The van der Waals surface area contributed by atoms with Gasteiger partial charge in [0.25, 0.3) is 0 Å². The molecule has 4 nitrogen and oxygen atoms in total. The summed E-state index contributed by atoms with van der Waals surface area (Å²) in [6.07, 6.45) is 2.68. The highest BCUT2D eigenvalue weighted by atomic mass is 35.5. The number of rotatable bonds is 7. The van der Waals surface area contributed by atoms with Gasteiger partial charge in [-0.1, -0.05) is 36.2 Å². The van der Waals surface area contributed by atoms with Crippen LogP contribution in [-0.4, -0.2) is 24.4 Å². The minimum absolute atomic E-state index is 0.0839. The fourth-order valence-electron chi connectivity index (χ4n) is 2.35. The Hall–Kier alpha value is -1.26. The molecule has 0 spiro atoms. The van der Waals surface area contributed by atoms with Gasteiger partial charge in [-0.25, -0.2) is 0 Å². The van der Waals surface area contributed by atoms with Crippen LogP contribution < -0.4 is 10.6 Å². The average Bonchev–Trinajstić information content (AvgIpc) is 3.31. The van der Waals surface area contributed by atoms with Crippen LogP contribution in [0.4, 0.5) is 0 Å². The Labute approximate surface area is 146 Å². The number of benzene rings is 1. The lowest BCUT2D eigenvalue weighted by atomic mass is 10.0. The summed E-state index contributed by atoms with van der Waals surface area (Å²) in [5.41, 5.74) is 0.0537. The Morgan fingerprint density at radius 3 is 2.52 bits per heavy atom. The van der Waals surface area contributed by atoms with Gasteiger partial charge >= 0.3 is 0 Å². The lowest BCUT2D eigenvalue weighted by Crippen LogP contribution is -2.46. The smallest absolute Gasteiger partial charge is 0.235 e. The minimum atomic E-state index is -0.868. The SMILES string of the molecule is CCC(C)NC(=O)C1(C(=O)NCCc2ccc(Cl)cc2Cl)CC1. The van der Waals surface area contributed by atoms with Gasteiger partial charge in [0.15, 0.2) is 0 Å². The van der Waals surface area contributed by atoms with Gasteiger partial charge in [0, 0.05) is 22.6 Å². The monoisotopic (exact) mass is 356 g/mol. The van der Waals surface area contributed by atoms with E-state index in [2.05, 4.69) is 10.6 Å². The van der Waals surface area contributed by atoms with E-state index < -0.39 is 5.41 Å². The van der Waals surface area contributed by atoms with Crippen molar-refractivity contribution in [3.63, 3.8) is 0 Å². The molecule has 126 valence electrons. The topological polar surface area (TPSA) is 58.2 Å². The number of nitrogens with one attached hydrogen (secondary N) is 2. The fraction of sp³-hybridized carbons (Fsp3) is 0.529. The highest BCUT2D eigenvalue weighted by Crippen LogP contribution is 2.46. The predicted octanol–water partition coefficient (Wildman–Crippen LogP) is 3.35. The number of halogens is 2. The zero-order valence-electron chi connectivity index (χ0n) is 13.4. The summed E-state index contributed by atoms with van der Waals surface area (Å²) in [6.45, 7) is 4.38. The lowest BCUT2D eigenvalue weighted by Gasteiger charge is -2.18. The maximum atomic E-state index is 12.3. The van der Waals surface area contributed by atoms with E-state index in [4.69, 9.17) is 23.2 Å². The molecule has 0 aromatic heterocycles. The van der Waals surface area contributed by atoms with E-state index in [1.807, 2.05) is 19.9 Å². The molecule has 1 fully saturated rings. The van der Waals surface area contributed by atoms with Gasteiger partial charge in [-0.15, -0.1) is 0 Å². The van der Waals surface area contributed by atoms with E-state index in [9.17, 15) is 9.59 Å². The number of amides is 2. The number of carbonyl (C=O) groups is 2. The highest BCUT2D eigenvalue weighted by molar-refractivity contribution is 6.35. The van der Waals surface area contributed by atoms with Crippen molar-refractivity contribution in [2.45, 2.75) is 45.6 Å². The second-order valence-electron chi connectivity index (χ2n) is 6.11. The van der Waals surface area contributed by atoms with Gasteiger partial charge in [0.05, 0.1) is 0 Å². The molecular formula is C17H22Cl2N2O2. The van der Waals surface area contributed by atoms with Gasteiger partial charge in [-0.2, -0.15) is 0 Å².